The molecule has 0 saturated heterocycles. The van der Waals surface area contributed by atoms with Crippen LogP contribution in [0.4, 0.5) is 0 Å². The average Bonchev–Trinajstić information content (AvgIpc) is 2.94. The molecule has 1 fully saturated rings. The molecule has 16 heavy (non-hydrogen) atoms. The van der Waals surface area contributed by atoms with E-state index in [9.17, 15) is 8.42 Å². The van der Waals surface area contributed by atoms with Crippen molar-refractivity contribution in [1.29, 1.82) is 0 Å². The molecule has 0 atom stereocenters. The number of hydrogen-bond donors (Lipinski definition) is 1. The molecule has 1 saturated carbocycles. The van der Waals surface area contributed by atoms with Crippen LogP contribution < -0.4 is 4.72 Å². The standard InChI is InChI=1S/C12H17NO2S/c1-8-6-10(3)12(7-9(8)2)16(14,15)13-11-4-5-11/h6-7,11,13H,4-5H2,1-3H3. The number of sulfonamides is 1. The molecule has 0 bridgehead atoms. The number of benzene rings is 1. The van der Waals surface area contributed by atoms with Gasteiger partial charge in [-0.25, -0.2) is 13.1 Å². The summed E-state index contributed by atoms with van der Waals surface area (Å²) in [7, 11) is -3.32. The Bertz CT molecular complexity index is 516. The van der Waals surface area contributed by atoms with Crippen LogP contribution >= 0.6 is 0 Å². The van der Waals surface area contributed by atoms with E-state index in [2.05, 4.69) is 4.72 Å². The first-order valence-corrected chi connectivity index (χ1v) is 6.98. The Labute approximate surface area is 96.9 Å². The lowest BCUT2D eigenvalue weighted by molar-refractivity contribution is 0.580. The Balaban J connectivity index is 2.42. The first-order valence-electron chi connectivity index (χ1n) is 5.50. The summed E-state index contributed by atoms with van der Waals surface area (Å²) in [5, 5.41) is 0. The van der Waals surface area contributed by atoms with Crippen molar-refractivity contribution in [3.8, 4) is 0 Å². The minimum absolute atomic E-state index is 0.158. The Morgan fingerprint density at radius 3 is 2.19 bits per heavy atom. The fourth-order valence-corrected chi connectivity index (χ4v) is 3.32. The molecular formula is C12H17NO2S. The highest BCUT2D eigenvalue weighted by Gasteiger charge is 2.28. The van der Waals surface area contributed by atoms with Gasteiger partial charge < -0.3 is 0 Å². The maximum absolute atomic E-state index is 12.1. The number of rotatable bonds is 3. The van der Waals surface area contributed by atoms with Gasteiger partial charge in [0.25, 0.3) is 0 Å². The molecule has 1 aromatic carbocycles. The number of nitrogens with one attached hydrogen (secondary N) is 1. The fourth-order valence-electron chi connectivity index (χ4n) is 1.71. The van der Waals surface area contributed by atoms with Crippen molar-refractivity contribution in [2.24, 2.45) is 0 Å². The van der Waals surface area contributed by atoms with Crippen LogP contribution in [0.25, 0.3) is 0 Å². The molecule has 0 aromatic heterocycles. The molecule has 88 valence electrons. The summed E-state index contributed by atoms with van der Waals surface area (Å²) >= 11 is 0. The van der Waals surface area contributed by atoms with Crippen LogP contribution in [0.1, 0.15) is 29.5 Å². The van der Waals surface area contributed by atoms with Crippen LogP contribution in [0, 0.1) is 20.8 Å². The van der Waals surface area contributed by atoms with E-state index in [-0.39, 0.29) is 6.04 Å². The number of aryl methyl sites for hydroxylation is 3. The Hall–Kier alpha value is -0.870. The van der Waals surface area contributed by atoms with E-state index < -0.39 is 10.0 Å². The monoisotopic (exact) mass is 239 g/mol. The number of hydrogen-bond acceptors (Lipinski definition) is 2. The summed E-state index contributed by atoms with van der Waals surface area (Å²) in [4.78, 5) is 0.419. The van der Waals surface area contributed by atoms with Gasteiger partial charge in [-0.1, -0.05) is 6.07 Å². The Morgan fingerprint density at radius 2 is 1.62 bits per heavy atom. The fraction of sp³-hybridized carbons (Fsp3) is 0.500. The van der Waals surface area contributed by atoms with Crippen molar-refractivity contribution in [1.82, 2.24) is 4.72 Å². The highest BCUT2D eigenvalue weighted by atomic mass is 32.2. The minimum Gasteiger partial charge on any atom is -0.208 e. The van der Waals surface area contributed by atoms with Crippen LogP contribution in [-0.2, 0) is 10.0 Å². The highest BCUT2D eigenvalue weighted by Crippen LogP contribution is 2.25. The second-order valence-electron chi connectivity index (χ2n) is 4.60. The lowest BCUT2D eigenvalue weighted by atomic mass is 10.1. The lowest BCUT2D eigenvalue weighted by Gasteiger charge is -2.11. The summed E-state index contributed by atoms with van der Waals surface area (Å²) in [5.74, 6) is 0. The van der Waals surface area contributed by atoms with Gasteiger partial charge in [0.2, 0.25) is 10.0 Å². The maximum Gasteiger partial charge on any atom is 0.241 e. The van der Waals surface area contributed by atoms with Crippen LogP contribution in [0.2, 0.25) is 0 Å². The first-order chi connectivity index (χ1) is 7.40. The normalized spacial score (nSPS) is 16.4. The molecule has 1 aliphatic rings. The topological polar surface area (TPSA) is 46.2 Å². The zero-order chi connectivity index (χ0) is 11.9. The quantitative estimate of drug-likeness (QED) is 0.877. The van der Waals surface area contributed by atoms with Crippen LogP contribution in [0.5, 0.6) is 0 Å². The first kappa shape index (κ1) is 11.6. The molecule has 1 aliphatic carbocycles. The Morgan fingerprint density at radius 1 is 1.06 bits per heavy atom. The van der Waals surface area contributed by atoms with Gasteiger partial charge in [0, 0.05) is 6.04 Å². The van der Waals surface area contributed by atoms with E-state index in [4.69, 9.17) is 0 Å². The van der Waals surface area contributed by atoms with Crippen molar-refractivity contribution in [2.75, 3.05) is 0 Å². The third-order valence-corrected chi connectivity index (χ3v) is 4.64. The van der Waals surface area contributed by atoms with Gasteiger partial charge in [-0.3, -0.25) is 0 Å². The largest absolute Gasteiger partial charge is 0.241 e. The molecule has 2 rings (SSSR count). The minimum atomic E-state index is -3.32. The molecule has 0 spiro atoms. The molecule has 1 N–H and O–H groups in total. The third-order valence-electron chi connectivity index (χ3n) is 2.98. The van der Waals surface area contributed by atoms with E-state index in [0.29, 0.717) is 4.90 Å². The average molecular weight is 239 g/mol. The zero-order valence-electron chi connectivity index (χ0n) is 9.87. The third kappa shape index (κ3) is 2.28. The summed E-state index contributed by atoms with van der Waals surface area (Å²) in [6.07, 6.45) is 1.92. The van der Waals surface area contributed by atoms with Crippen LogP contribution in [0.15, 0.2) is 17.0 Å². The summed E-state index contributed by atoms with van der Waals surface area (Å²) in [6.45, 7) is 5.77. The predicted octanol–water partition coefficient (Wildman–Crippen LogP) is 2.05. The summed E-state index contributed by atoms with van der Waals surface area (Å²) in [6, 6.07) is 3.85. The van der Waals surface area contributed by atoms with Crippen molar-refractivity contribution < 1.29 is 8.42 Å². The van der Waals surface area contributed by atoms with Gasteiger partial charge in [-0.15, -0.1) is 0 Å². The van der Waals surface area contributed by atoms with E-state index in [1.165, 1.54) is 0 Å². The smallest absolute Gasteiger partial charge is 0.208 e. The van der Waals surface area contributed by atoms with Gasteiger partial charge in [0.15, 0.2) is 0 Å². The van der Waals surface area contributed by atoms with Crippen LogP contribution in [0.3, 0.4) is 0 Å². The van der Waals surface area contributed by atoms with Gasteiger partial charge in [-0.05, 0) is 56.4 Å². The van der Waals surface area contributed by atoms with Crippen molar-refractivity contribution in [2.45, 2.75) is 44.6 Å². The molecule has 0 aliphatic heterocycles. The van der Waals surface area contributed by atoms with E-state index >= 15 is 0 Å². The molecule has 1 aromatic rings. The predicted molar refractivity (Wildman–Crippen MR) is 64.0 cm³/mol. The van der Waals surface area contributed by atoms with Crippen molar-refractivity contribution in [3.63, 3.8) is 0 Å². The molecule has 4 heteroatoms. The van der Waals surface area contributed by atoms with Crippen molar-refractivity contribution in [3.05, 3.63) is 28.8 Å². The molecule has 0 radical (unpaired) electrons. The second-order valence-corrected chi connectivity index (χ2v) is 6.28. The van der Waals surface area contributed by atoms with Crippen molar-refractivity contribution >= 4 is 10.0 Å². The van der Waals surface area contributed by atoms with E-state index in [1.54, 1.807) is 6.07 Å². The molecule has 3 nitrogen and oxygen atoms in total. The lowest BCUT2D eigenvalue weighted by Crippen LogP contribution is -2.26. The zero-order valence-corrected chi connectivity index (χ0v) is 10.7. The highest BCUT2D eigenvalue weighted by molar-refractivity contribution is 7.89. The van der Waals surface area contributed by atoms with Gasteiger partial charge in [0.1, 0.15) is 0 Å². The summed E-state index contributed by atoms with van der Waals surface area (Å²) < 4.78 is 26.8. The maximum atomic E-state index is 12.1. The van der Waals surface area contributed by atoms with E-state index in [1.807, 2.05) is 26.8 Å². The SMILES string of the molecule is Cc1cc(C)c(S(=O)(=O)NC2CC2)cc1C. The molecular weight excluding hydrogens is 222 g/mol. The molecule has 0 unspecified atom stereocenters. The van der Waals surface area contributed by atoms with Gasteiger partial charge in [0.05, 0.1) is 4.90 Å². The van der Waals surface area contributed by atoms with Crippen LogP contribution in [-0.4, -0.2) is 14.5 Å². The van der Waals surface area contributed by atoms with E-state index in [0.717, 1.165) is 29.5 Å². The molecule has 0 heterocycles. The second kappa shape index (κ2) is 3.86. The molecule has 0 amide bonds. The van der Waals surface area contributed by atoms with Gasteiger partial charge in [-0.2, -0.15) is 0 Å². The Kier molecular flexibility index (Phi) is 2.80. The van der Waals surface area contributed by atoms with Gasteiger partial charge >= 0.3 is 0 Å². The summed E-state index contributed by atoms with van der Waals surface area (Å²) in [5.41, 5.74) is 2.96.